The van der Waals surface area contributed by atoms with Crippen molar-refractivity contribution in [3.63, 3.8) is 0 Å². The van der Waals surface area contributed by atoms with Gasteiger partial charge in [0.2, 0.25) is 0 Å². The first-order valence-corrected chi connectivity index (χ1v) is 9.05. The van der Waals surface area contributed by atoms with Crippen LogP contribution in [0.1, 0.15) is 24.2 Å². The standard InChI is InChI=1S/C20H24N2O3S/c1-3-22(17-10-6-5-7-11-17)20(26)21-19(23)16-9-8-12-18(15-16)25-14-13-24-4-2/h5-12,15H,3-4,13-14H2,1-2H3,(H,21,23,26). The minimum Gasteiger partial charge on any atom is -0.491 e. The summed E-state index contributed by atoms with van der Waals surface area (Å²) in [6.07, 6.45) is 0. The summed E-state index contributed by atoms with van der Waals surface area (Å²) in [5.41, 5.74) is 1.43. The van der Waals surface area contributed by atoms with Crippen molar-refractivity contribution in [1.29, 1.82) is 0 Å². The van der Waals surface area contributed by atoms with Crippen molar-refractivity contribution < 1.29 is 14.3 Å². The molecule has 1 amide bonds. The monoisotopic (exact) mass is 372 g/mol. The van der Waals surface area contributed by atoms with Crippen molar-refractivity contribution in [2.45, 2.75) is 13.8 Å². The van der Waals surface area contributed by atoms with Crippen LogP contribution in [0.2, 0.25) is 0 Å². The van der Waals surface area contributed by atoms with Crippen LogP contribution in [0.25, 0.3) is 0 Å². The number of ether oxygens (including phenoxy) is 2. The number of amides is 1. The van der Waals surface area contributed by atoms with Crippen LogP contribution in [-0.4, -0.2) is 37.4 Å². The van der Waals surface area contributed by atoms with E-state index in [1.54, 1.807) is 18.2 Å². The molecule has 0 spiro atoms. The molecule has 0 aliphatic rings. The molecule has 0 fully saturated rings. The molecule has 2 aromatic rings. The van der Waals surface area contributed by atoms with E-state index in [1.165, 1.54) is 0 Å². The van der Waals surface area contributed by atoms with Gasteiger partial charge in [-0.15, -0.1) is 0 Å². The zero-order valence-corrected chi connectivity index (χ0v) is 15.9. The van der Waals surface area contributed by atoms with Crippen molar-refractivity contribution in [2.24, 2.45) is 0 Å². The Balaban J connectivity index is 1.99. The average molecular weight is 372 g/mol. The molecule has 0 atom stereocenters. The summed E-state index contributed by atoms with van der Waals surface area (Å²) in [7, 11) is 0. The third-order valence-corrected chi connectivity index (χ3v) is 3.97. The van der Waals surface area contributed by atoms with E-state index >= 15 is 0 Å². The maximum absolute atomic E-state index is 12.5. The van der Waals surface area contributed by atoms with Crippen molar-refractivity contribution >= 4 is 28.9 Å². The Bertz CT molecular complexity index is 722. The van der Waals surface area contributed by atoms with Gasteiger partial charge in [-0.05, 0) is 56.4 Å². The fourth-order valence-corrected chi connectivity index (χ4v) is 2.71. The van der Waals surface area contributed by atoms with Gasteiger partial charge in [-0.25, -0.2) is 0 Å². The highest BCUT2D eigenvalue weighted by Crippen LogP contribution is 2.15. The summed E-state index contributed by atoms with van der Waals surface area (Å²) in [5, 5.41) is 3.15. The molecule has 0 heterocycles. The van der Waals surface area contributed by atoms with E-state index in [4.69, 9.17) is 21.7 Å². The summed E-state index contributed by atoms with van der Waals surface area (Å²) < 4.78 is 10.8. The number of rotatable bonds is 8. The lowest BCUT2D eigenvalue weighted by molar-refractivity contribution is 0.0975. The number of carbonyl (C=O) groups excluding carboxylic acids is 1. The fraction of sp³-hybridized carbons (Fsp3) is 0.300. The van der Waals surface area contributed by atoms with Gasteiger partial charge in [-0.1, -0.05) is 24.3 Å². The number of hydrogen-bond acceptors (Lipinski definition) is 4. The molecule has 6 heteroatoms. The number of para-hydroxylation sites is 1. The number of nitrogens with zero attached hydrogens (tertiary/aromatic N) is 1. The lowest BCUT2D eigenvalue weighted by Gasteiger charge is -2.23. The first kappa shape index (κ1) is 19.9. The van der Waals surface area contributed by atoms with Crippen molar-refractivity contribution in [3.8, 4) is 5.75 Å². The zero-order valence-electron chi connectivity index (χ0n) is 15.1. The second-order valence-electron chi connectivity index (χ2n) is 5.41. The van der Waals surface area contributed by atoms with Crippen LogP contribution in [0.5, 0.6) is 5.75 Å². The minimum absolute atomic E-state index is 0.264. The molecule has 0 aromatic heterocycles. The summed E-state index contributed by atoms with van der Waals surface area (Å²) in [5.74, 6) is 0.360. The number of hydrogen-bond donors (Lipinski definition) is 1. The van der Waals surface area contributed by atoms with Gasteiger partial charge in [-0.2, -0.15) is 0 Å². The molecule has 0 radical (unpaired) electrons. The van der Waals surface area contributed by atoms with Gasteiger partial charge >= 0.3 is 0 Å². The predicted molar refractivity (Wildman–Crippen MR) is 108 cm³/mol. The molecule has 0 aliphatic carbocycles. The first-order valence-electron chi connectivity index (χ1n) is 8.64. The Morgan fingerprint density at radius 1 is 1.08 bits per heavy atom. The van der Waals surface area contributed by atoms with Crippen LogP contribution in [-0.2, 0) is 4.74 Å². The molecule has 2 aromatic carbocycles. The molecule has 2 rings (SSSR count). The van der Waals surface area contributed by atoms with Crippen LogP contribution in [0, 0.1) is 0 Å². The lowest BCUT2D eigenvalue weighted by atomic mass is 10.2. The van der Waals surface area contributed by atoms with E-state index in [0.29, 0.717) is 42.8 Å². The number of benzene rings is 2. The Kier molecular flexibility index (Phi) is 8.05. The molecule has 5 nitrogen and oxygen atoms in total. The predicted octanol–water partition coefficient (Wildman–Crippen LogP) is 3.64. The zero-order chi connectivity index (χ0) is 18.8. The van der Waals surface area contributed by atoms with Crippen molar-refractivity contribution in [3.05, 3.63) is 60.2 Å². The van der Waals surface area contributed by atoms with Gasteiger partial charge in [0.1, 0.15) is 12.4 Å². The second-order valence-corrected chi connectivity index (χ2v) is 5.80. The molecule has 0 aliphatic heterocycles. The quantitative estimate of drug-likeness (QED) is 0.566. The van der Waals surface area contributed by atoms with Gasteiger partial charge in [-0.3, -0.25) is 10.1 Å². The van der Waals surface area contributed by atoms with Gasteiger partial charge in [0, 0.05) is 24.4 Å². The molecular formula is C20H24N2O3S. The summed E-state index contributed by atoms with van der Waals surface area (Å²) in [6, 6.07) is 16.7. The average Bonchev–Trinajstić information content (AvgIpc) is 2.67. The normalized spacial score (nSPS) is 10.2. The molecule has 0 saturated carbocycles. The molecule has 0 unspecified atom stereocenters. The van der Waals surface area contributed by atoms with Gasteiger partial charge in [0.25, 0.3) is 5.91 Å². The molecule has 0 bridgehead atoms. The summed E-state index contributed by atoms with van der Waals surface area (Å²) in [6.45, 7) is 6.18. The number of carbonyl (C=O) groups is 1. The van der Waals surface area contributed by atoms with Crippen LogP contribution in [0.4, 0.5) is 5.69 Å². The highest BCUT2D eigenvalue weighted by atomic mass is 32.1. The van der Waals surface area contributed by atoms with Gasteiger partial charge in [0.05, 0.1) is 6.61 Å². The van der Waals surface area contributed by atoms with Crippen molar-refractivity contribution in [1.82, 2.24) is 5.32 Å². The highest BCUT2D eigenvalue weighted by Gasteiger charge is 2.14. The Morgan fingerprint density at radius 2 is 1.85 bits per heavy atom. The molecular weight excluding hydrogens is 348 g/mol. The van der Waals surface area contributed by atoms with E-state index < -0.39 is 0 Å². The third kappa shape index (κ3) is 5.82. The smallest absolute Gasteiger partial charge is 0.257 e. The second kappa shape index (κ2) is 10.5. The van der Waals surface area contributed by atoms with E-state index in [1.807, 2.05) is 55.1 Å². The van der Waals surface area contributed by atoms with Crippen LogP contribution >= 0.6 is 12.2 Å². The van der Waals surface area contributed by atoms with Gasteiger partial charge < -0.3 is 14.4 Å². The van der Waals surface area contributed by atoms with Crippen molar-refractivity contribution in [2.75, 3.05) is 31.3 Å². The molecule has 0 saturated heterocycles. The summed E-state index contributed by atoms with van der Waals surface area (Å²) >= 11 is 5.41. The maximum Gasteiger partial charge on any atom is 0.257 e. The molecule has 1 N–H and O–H groups in total. The maximum atomic E-state index is 12.5. The third-order valence-electron chi connectivity index (χ3n) is 3.65. The van der Waals surface area contributed by atoms with E-state index in [9.17, 15) is 4.79 Å². The van der Waals surface area contributed by atoms with Crippen LogP contribution in [0.3, 0.4) is 0 Å². The first-order chi connectivity index (χ1) is 12.7. The van der Waals surface area contributed by atoms with Gasteiger partial charge in [0.15, 0.2) is 5.11 Å². The van der Waals surface area contributed by atoms with Crippen LogP contribution < -0.4 is 15.0 Å². The van der Waals surface area contributed by atoms with E-state index in [0.717, 1.165) is 5.69 Å². The number of anilines is 1. The van der Waals surface area contributed by atoms with E-state index in [2.05, 4.69) is 5.32 Å². The Labute approximate surface area is 159 Å². The molecule has 138 valence electrons. The van der Waals surface area contributed by atoms with E-state index in [-0.39, 0.29) is 5.91 Å². The highest BCUT2D eigenvalue weighted by molar-refractivity contribution is 7.80. The lowest BCUT2D eigenvalue weighted by Crippen LogP contribution is -2.42. The van der Waals surface area contributed by atoms with Crippen LogP contribution in [0.15, 0.2) is 54.6 Å². The Hall–Kier alpha value is -2.44. The SMILES string of the molecule is CCOCCOc1cccc(C(=O)NC(=S)N(CC)c2ccccc2)c1. The minimum atomic E-state index is -0.264. The number of thiocarbonyl (C=S) groups is 1. The summed E-state index contributed by atoms with van der Waals surface area (Å²) in [4.78, 5) is 14.4. The fourth-order valence-electron chi connectivity index (χ4n) is 2.38. The Morgan fingerprint density at radius 3 is 2.54 bits per heavy atom. The largest absolute Gasteiger partial charge is 0.491 e. The topological polar surface area (TPSA) is 50.8 Å². The molecule has 26 heavy (non-hydrogen) atoms. The number of nitrogens with one attached hydrogen (secondary N) is 1.